The van der Waals surface area contributed by atoms with E-state index >= 15 is 0 Å². The number of carbonyl (C=O) groups excluding carboxylic acids is 1. The number of carbonyl (C=O) groups is 1. The molecule has 0 spiro atoms. The van der Waals surface area contributed by atoms with Crippen LogP contribution >= 0.6 is 0 Å². The fourth-order valence-electron chi connectivity index (χ4n) is 1.62. The third-order valence-electron chi connectivity index (χ3n) is 2.62. The number of aryl methyl sites for hydroxylation is 1. The summed E-state index contributed by atoms with van der Waals surface area (Å²) in [6.45, 7) is 3.89. The van der Waals surface area contributed by atoms with Gasteiger partial charge in [0.15, 0.2) is 17.3 Å². The summed E-state index contributed by atoms with van der Waals surface area (Å²) in [6.07, 6.45) is 0. The van der Waals surface area contributed by atoms with Gasteiger partial charge in [0, 0.05) is 0 Å². The highest BCUT2D eigenvalue weighted by Gasteiger charge is 2.19. The van der Waals surface area contributed by atoms with E-state index < -0.39 is 0 Å². The Hall–Kier alpha value is -1.55. The van der Waals surface area contributed by atoms with Gasteiger partial charge < -0.3 is 15.2 Å². The molecule has 0 aliphatic heterocycles. The average molecular weight is 223 g/mol. The van der Waals surface area contributed by atoms with Gasteiger partial charge in [-0.3, -0.25) is 4.79 Å². The minimum Gasteiger partial charge on any atom is -0.504 e. The Morgan fingerprint density at radius 2 is 2.12 bits per heavy atom. The van der Waals surface area contributed by atoms with Crippen LogP contribution in [0.15, 0.2) is 6.07 Å². The first-order valence-corrected chi connectivity index (χ1v) is 5.07. The molecule has 0 heterocycles. The lowest BCUT2D eigenvalue weighted by Gasteiger charge is -2.13. The van der Waals surface area contributed by atoms with Crippen LogP contribution in [0.4, 0.5) is 0 Å². The van der Waals surface area contributed by atoms with Crippen molar-refractivity contribution in [3.8, 4) is 11.5 Å². The van der Waals surface area contributed by atoms with Crippen LogP contribution in [0.2, 0.25) is 0 Å². The Kier molecular flexibility index (Phi) is 3.90. The molecule has 0 radical (unpaired) electrons. The van der Waals surface area contributed by atoms with E-state index in [4.69, 9.17) is 4.74 Å². The average Bonchev–Trinajstić information content (AvgIpc) is 2.24. The number of hydrogen-bond acceptors (Lipinski definition) is 4. The van der Waals surface area contributed by atoms with Crippen molar-refractivity contribution in [2.45, 2.75) is 13.8 Å². The Morgan fingerprint density at radius 1 is 1.50 bits per heavy atom. The second-order valence-corrected chi connectivity index (χ2v) is 3.70. The quantitative estimate of drug-likeness (QED) is 0.758. The van der Waals surface area contributed by atoms with Crippen LogP contribution in [-0.2, 0) is 0 Å². The number of likely N-dealkylation sites (N-methyl/N-ethyl adjacent to an activating group) is 1. The molecule has 0 amide bonds. The van der Waals surface area contributed by atoms with Crippen molar-refractivity contribution in [3.05, 3.63) is 22.8 Å². The van der Waals surface area contributed by atoms with Crippen molar-refractivity contribution in [1.82, 2.24) is 5.32 Å². The Balaban J connectivity index is 3.35. The van der Waals surface area contributed by atoms with Crippen molar-refractivity contribution >= 4 is 5.78 Å². The molecule has 2 N–H and O–H groups in total. The summed E-state index contributed by atoms with van der Waals surface area (Å²) in [5, 5.41) is 12.7. The molecule has 4 nitrogen and oxygen atoms in total. The highest BCUT2D eigenvalue weighted by atomic mass is 16.5. The number of ketones is 1. The summed E-state index contributed by atoms with van der Waals surface area (Å²) < 4.78 is 5.03. The predicted molar refractivity (Wildman–Crippen MR) is 62.4 cm³/mol. The zero-order chi connectivity index (χ0) is 12.3. The predicted octanol–water partition coefficient (Wildman–Crippen LogP) is 1.42. The maximum Gasteiger partial charge on any atom is 0.180 e. The Bertz CT molecular complexity index is 413. The van der Waals surface area contributed by atoms with Crippen LogP contribution in [-0.4, -0.2) is 31.6 Å². The van der Waals surface area contributed by atoms with Gasteiger partial charge in [-0.2, -0.15) is 0 Å². The van der Waals surface area contributed by atoms with Gasteiger partial charge in [-0.05, 0) is 38.1 Å². The van der Waals surface area contributed by atoms with E-state index in [1.54, 1.807) is 13.1 Å². The van der Waals surface area contributed by atoms with Gasteiger partial charge in [-0.15, -0.1) is 0 Å². The van der Waals surface area contributed by atoms with E-state index in [1.165, 1.54) is 7.11 Å². The van der Waals surface area contributed by atoms with Gasteiger partial charge >= 0.3 is 0 Å². The molecule has 1 aromatic rings. The fraction of sp³-hybridized carbons (Fsp3) is 0.417. The lowest BCUT2D eigenvalue weighted by molar-refractivity contribution is 0.0989. The molecule has 16 heavy (non-hydrogen) atoms. The second-order valence-electron chi connectivity index (χ2n) is 3.70. The summed E-state index contributed by atoms with van der Waals surface area (Å²) >= 11 is 0. The van der Waals surface area contributed by atoms with Crippen molar-refractivity contribution in [2.75, 3.05) is 20.7 Å². The zero-order valence-electron chi connectivity index (χ0n) is 10.0. The first kappa shape index (κ1) is 12.5. The number of methoxy groups -OCH3 is 1. The van der Waals surface area contributed by atoms with Gasteiger partial charge in [0.1, 0.15) is 0 Å². The monoisotopic (exact) mass is 223 g/mol. The summed E-state index contributed by atoms with van der Waals surface area (Å²) in [6, 6.07) is 1.72. The van der Waals surface area contributed by atoms with E-state index in [1.807, 2.05) is 13.8 Å². The molecule has 1 aromatic carbocycles. The number of hydrogen-bond donors (Lipinski definition) is 2. The molecule has 0 fully saturated rings. The summed E-state index contributed by atoms with van der Waals surface area (Å²) in [7, 11) is 3.16. The number of Topliss-reactive ketones (excluding diaryl/α,β-unsaturated/α-hetero) is 1. The maximum atomic E-state index is 11.8. The molecule has 0 aromatic heterocycles. The molecule has 1 rings (SSSR count). The van der Waals surface area contributed by atoms with E-state index in [9.17, 15) is 9.90 Å². The van der Waals surface area contributed by atoms with E-state index in [0.29, 0.717) is 11.3 Å². The number of aromatic hydroxyl groups is 1. The molecule has 88 valence electrons. The summed E-state index contributed by atoms with van der Waals surface area (Å²) in [5.41, 5.74) is 2.05. The lowest BCUT2D eigenvalue weighted by atomic mass is 9.98. The molecule has 0 atom stereocenters. The van der Waals surface area contributed by atoms with Gasteiger partial charge in [-0.1, -0.05) is 0 Å². The first-order valence-electron chi connectivity index (χ1n) is 5.07. The largest absolute Gasteiger partial charge is 0.504 e. The summed E-state index contributed by atoms with van der Waals surface area (Å²) in [4.78, 5) is 11.8. The normalized spacial score (nSPS) is 10.2. The van der Waals surface area contributed by atoms with Crippen LogP contribution in [0.1, 0.15) is 21.5 Å². The number of phenols is 1. The van der Waals surface area contributed by atoms with Crippen molar-refractivity contribution < 1.29 is 14.6 Å². The summed E-state index contributed by atoms with van der Waals surface area (Å²) in [5.74, 6) is 0.118. The van der Waals surface area contributed by atoms with Gasteiger partial charge in [0.05, 0.1) is 19.2 Å². The minimum absolute atomic E-state index is 0.0779. The van der Waals surface area contributed by atoms with Crippen molar-refractivity contribution in [2.24, 2.45) is 0 Å². The van der Waals surface area contributed by atoms with Crippen molar-refractivity contribution in [1.29, 1.82) is 0 Å². The zero-order valence-corrected chi connectivity index (χ0v) is 10.0. The lowest BCUT2D eigenvalue weighted by Crippen LogP contribution is -2.20. The van der Waals surface area contributed by atoms with E-state index in [-0.39, 0.29) is 18.1 Å². The molecular formula is C12H17NO3. The van der Waals surface area contributed by atoms with Gasteiger partial charge in [0.25, 0.3) is 0 Å². The standard InChI is InChI=1S/C12H17NO3/c1-7-5-10(16-4)12(15)11(8(7)2)9(14)6-13-3/h5,13,15H,6H2,1-4H3. The van der Waals surface area contributed by atoms with Crippen LogP contribution in [0.5, 0.6) is 11.5 Å². The molecular weight excluding hydrogens is 206 g/mol. The smallest absolute Gasteiger partial charge is 0.180 e. The maximum absolute atomic E-state index is 11.8. The highest BCUT2D eigenvalue weighted by Crippen LogP contribution is 2.34. The van der Waals surface area contributed by atoms with Crippen LogP contribution in [0, 0.1) is 13.8 Å². The van der Waals surface area contributed by atoms with Crippen LogP contribution in [0.3, 0.4) is 0 Å². The third kappa shape index (κ3) is 2.17. The SMILES string of the molecule is CNCC(=O)c1c(C)c(C)cc(OC)c1O. The number of benzene rings is 1. The second kappa shape index (κ2) is 4.99. The molecule has 0 unspecified atom stereocenters. The molecule has 0 saturated heterocycles. The van der Waals surface area contributed by atoms with Crippen molar-refractivity contribution in [3.63, 3.8) is 0 Å². The number of ether oxygens (including phenoxy) is 1. The highest BCUT2D eigenvalue weighted by molar-refractivity contribution is 6.02. The molecule has 0 aliphatic rings. The fourth-order valence-corrected chi connectivity index (χ4v) is 1.62. The van der Waals surface area contributed by atoms with Crippen LogP contribution in [0.25, 0.3) is 0 Å². The van der Waals surface area contributed by atoms with Crippen LogP contribution < -0.4 is 10.1 Å². The number of phenolic OH excluding ortho intramolecular Hbond substituents is 1. The molecule has 0 bridgehead atoms. The molecule has 0 aliphatic carbocycles. The minimum atomic E-state index is -0.139. The first-order chi connectivity index (χ1) is 7.52. The van der Waals surface area contributed by atoms with Gasteiger partial charge in [-0.25, -0.2) is 0 Å². The third-order valence-corrected chi connectivity index (χ3v) is 2.62. The van der Waals surface area contributed by atoms with E-state index in [0.717, 1.165) is 11.1 Å². The Labute approximate surface area is 95.2 Å². The topological polar surface area (TPSA) is 58.6 Å². The van der Waals surface area contributed by atoms with E-state index in [2.05, 4.69) is 5.32 Å². The van der Waals surface area contributed by atoms with Gasteiger partial charge in [0.2, 0.25) is 0 Å². The Morgan fingerprint density at radius 3 is 2.62 bits per heavy atom. The number of rotatable bonds is 4. The molecule has 4 heteroatoms. The molecule has 0 saturated carbocycles. The number of nitrogens with one attached hydrogen (secondary N) is 1.